The quantitative estimate of drug-likeness (QED) is 0.708. The first-order valence-electron chi connectivity index (χ1n) is 3.59. The fraction of sp³-hybridized carbons (Fsp3) is 0.143. The van der Waals surface area contributed by atoms with Crippen LogP contribution in [0, 0.1) is 11.3 Å². The van der Waals surface area contributed by atoms with Gasteiger partial charge in [0.15, 0.2) is 5.82 Å². The van der Waals surface area contributed by atoms with Crippen molar-refractivity contribution in [2.45, 2.75) is 6.54 Å². The highest BCUT2D eigenvalue weighted by Gasteiger charge is 2.08. The summed E-state index contributed by atoms with van der Waals surface area (Å²) in [5, 5.41) is 21.5. The molecule has 0 fully saturated rings. The predicted molar refractivity (Wildman–Crippen MR) is 46.7 cm³/mol. The molecule has 0 aliphatic carbocycles. The Bertz CT molecular complexity index is 424. The average Bonchev–Trinajstić information content (AvgIpc) is 2.71. The molecule has 5 nitrogen and oxygen atoms in total. The maximum Gasteiger partial charge on any atom is 0.193 e. The monoisotopic (exact) mass is 191 g/mol. The molecule has 0 spiro atoms. The smallest absolute Gasteiger partial charge is 0.193 e. The highest BCUT2D eigenvalue weighted by atomic mass is 32.1. The Labute approximate surface area is 78.2 Å². The molecular weight excluding hydrogens is 186 g/mol. The summed E-state index contributed by atoms with van der Waals surface area (Å²) in [6.07, 6.45) is 0. The molecule has 0 saturated heterocycles. The van der Waals surface area contributed by atoms with Crippen LogP contribution in [0.25, 0.3) is 10.7 Å². The Morgan fingerprint density at radius 1 is 1.62 bits per heavy atom. The zero-order chi connectivity index (χ0) is 9.10. The van der Waals surface area contributed by atoms with Gasteiger partial charge in [0.2, 0.25) is 0 Å². The number of hydrogen-bond acceptors (Lipinski definition) is 5. The van der Waals surface area contributed by atoms with Gasteiger partial charge in [0.25, 0.3) is 0 Å². The molecule has 2 aromatic rings. The van der Waals surface area contributed by atoms with Crippen molar-refractivity contribution in [1.29, 1.82) is 5.26 Å². The van der Waals surface area contributed by atoms with Gasteiger partial charge in [-0.05, 0) is 21.9 Å². The molecule has 0 bridgehead atoms. The van der Waals surface area contributed by atoms with Crippen LogP contribution in [0.4, 0.5) is 0 Å². The van der Waals surface area contributed by atoms with Gasteiger partial charge in [-0.2, -0.15) is 5.26 Å². The van der Waals surface area contributed by atoms with Crippen LogP contribution >= 0.6 is 11.3 Å². The lowest BCUT2D eigenvalue weighted by atomic mass is 10.4. The van der Waals surface area contributed by atoms with E-state index in [-0.39, 0.29) is 6.54 Å². The summed E-state index contributed by atoms with van der Waals surface area (Å²) in [5.74, 6) is 0.650. The van der Waals surface area contributed by atoms with Crippen LogP contribution in [0.5, 0.6) is 0 Å². The molecule has 0 atom stereocenters. The van der Waals surface area contributed by atoms with Crippen LogP contribution in [0.2, 0.25) is 0 Å². The van der Waals surface area contributed by atoms with Crippen LogP contribution in [-0.4, -0.2) is 20.2 Å². The number of hydrogen-bond donors (Lipinski definition) is 0. The first-order valence-corrected chi connectivity index (χ1v) is 4.47. The Morgan fingerprint density at radius 2 is 2.54 bits per heavy atom. The number of nitriles is 1. The molecule has 2 aromatic heterocycles. The number of rotatable bonds is 2. The average molecular weight is 191 g/mol. The van der Waals surface area contributed by atoms with Crippen molar-refractivity contribution in [3.63, 3.8) is 0 Å². The number of nitrogens with zero attached hydrogens (tertiary/aromatic N) is 5. The number of thiophene rings is 1. The van der Waals surface area contributed by atoms with E-state index in [1.165, 1.54) is 4.68 Å². The summed E-state index contributed by atoms with van der Waals surface area (Å²) >= 11 is 1.55. The molecule has 2 rings (SSSR count). The number of tetrazole rings is 1. The van der Waals surface area contributed by atoms with Crippen molar-refractivity contribution in [3.8, 4) is 16.8 Å². The number of aromatic nitrogens is 4. The molecule has 0 unspecified atom stereocenters. The van der Waals surface area contributed by atoms with E-state index in [0.717, 1.165) is 4.88 Å². The summed E-state index contributed by atoms with van der Waals surface area (Å²) in [5.41, 5.74) is 0. The van der Waals surface area contributed by atoms with Crippen molar-refractivity contribution in [3.05, 3.63) is 17.5 Å². The normalized spacial score (nSPS) is 9.77. The van der Waals surface area contributed by atoms with E-state index >= 15 is 0 Å². The van der Waals surface area contributed by atoms with E-state index in [0.29, 0.717) is 5.82 Å². The molecule has 0 amide bonds. The van der Waals surface area contributed by atoms with Crippen molar-refractivity contribution < 1.29 is 0 Å². The van der Waals surface area contributed by atoms with Gasteiger partial charge in [0.05, 0.1) is 10.9 Å². The third kappa shape index (κ3) is 1.41. The molecule has 0 aliphatic rings. The molecule has 0 aromatic carbocycles. The van der Waals surface area contributed by atoms with Gasteiger partial charge in [-0.15, -0.1) is 16.4 Å². The van der Waals surface area contributed by atoms with Crippen molar-refractivity contribution in [1.82, 2.24) is 20.2 Å². The van der Waals surface area contributed by atoms with Gasteiger partial charge in [0, 0.05) is 0 Å². The van der Waals surface area contributed by atoms with Gasteiger partial charge >= 0.3 is 0 Å². The lowest BCUT2D eigenvalue weighted by molar-refractivity contribution is 0.672. The van der Waals surface area contributed by atoms with Gasteiger partial charge in [-0.3, -0.25) is 0 Å². The fourth-order valence-corrected chi connectivity index (χ4v) is 1.67. The van der Waals surface area contributed by atoms with Crippen molar-refractivity contribution in [2.75, 3.05) is 0 Å². The molecule has 0 radical (unpaired) electrons. The second-order valence-corrected chi connectivity index (χ2v) is 3.24. The van der Waals surface area contributed by atoms with Crippen LogP contribution in [0.15, 0.2) is 17.5 Å². The van der Waals surface area contributed by atoms with E-state index < -0.39 is 0 Å². The predicted octanol–water partition coefficient (Wildman–Crippen LogP) is 0.925. The van der Waals surface area contributed by atoms with E-state index in [4.69, 9.17) is 5.26 Å². The lowest BCUT2D eigenvalue weighted by Gasteiger charge is -1.94. The first-order chi connectivity index (χ1) is 6.42. The van der Waals surface area contributed by atoms with Crippen LogP contribution in [0.1, 0.15) is 0 Å². The zero-order valence-electron chi connectivity index (χ0n) is 6.58. The second kappa shape index (κ2) is 3.33. The first kappa shape index (κ1) is 7.89. The maximum atomic E-state index is 8.50. The minimum atomic E-state index is 0.181. The SMILES string of the molecule is N#CCn1nnnc1-c1cccs1. The minimum Gasteiger partial charge on any atom is -0.210 e. The Balaban J connectivity index is 2.42. The maximum absolute atomic E-state index is 8.50. The van der Waals surface area contributed by atoms with Crippen LogP contribution < -0.4 is 0 Å². The largest absolute Gasteiger partial charge is 0.210 e. The molecule has 64 valence electrons. The Kier molecular flexibility index (Phi) is 2.02. The minimum absolute atomic E-state index is 0.181. The lowest BCUT2D eigenvalue weighted by Crippen LogP contribution is -1.99. The van der Waals surface area contributed by atoms with Gasteiger partial charge in [0.1, 0.15) is 6.54 Å². The molecule has 2 heterocycles. The summed E-state index contributed by atoms with van der Waals surface area (Å²) in [6.45, 7) is 0.181. The molecule has 0 saturated carbocycles. The molecule has 0 aliphatic heterocycles. The molecule has 6 heteroatoms. The molecule has 13 heavy (non-hydrogen) atoms. The van der Waals surface area contributed by atoms with Crippen molar-refractivity contribution in [2.24, 2.45) is 0 Å². The van der Waals surface area contributed by atoms with E-state index in [1.54, 1.807) is 11.3 Å². The third-order valence-corrected chi connectivity index (χ3v) is 2.36. The second-order valence-electron chi connectivity index (χ2n) is 2.30. The van der Waals surface area contributed by atoms with Crippen LogP contribution in [-0.2, 0) is 6.54 Å². The van der Waals surface area contributed by atoms with E-state index in [9.17, 15) is 0 Å². The molecular formula is C7H5N5S. The fourth-order valence-electron chi connectivity index (χ4n) is 0.960. The third-order valence-electron chi connectivity index (χ3n) is 1.49. The Hall–Kier alpha value is -1.74. The summed E-state index contributed by atoms with van der Waals surface area (Å²) < 4.78 is 1.48. The van der Waals surface area contributed by atoms with E-state index in [2.05, 4.69) is 15.5 Å². The standard InChI is InChI=1S/C7H5N5S/c8-3-4-12-7(9-10-11-12)6-2-1-5-13-6/h1-2,5H,4H2. The van der Waals surface area contributed by atoms with E-state index in [1.807, 2.05) is 23.6 Å². The van der Waals surface area contributed by atoms with Gasteiger partial charge < -0.3 is 0 Å². The highest BCUT2D eigenvalue weighted by Crippen LogP contribution is 2.20. The summed E-state index contributed by atoms with van der Waals surface area (Å²) in [4.78, 5) is 0.972. The topological polar surface area (TPSA) is 67.4 Å². The molecule has 0 N–H and O–H groups in total. The summed E-state index contributed by atoms with van der Waals surface area (Å²) in [6, 6.07) is 5.84. The Morgan fingerprint density at radius 3 is 3.23 bits per heavy atom. The summed E-state index contributed by atoms with van der Waals surface area (Å²) in [7, 11) is 0. The van der Waals surface area contributed by atoms with Crippen LogP contribution in [0.3, 0.4) is 0 Å². The highest BCUT2D eigenvalue weighted by molar-refractivity contribution is 7.13. The van der Waals surface area contributed by atoms with Crippen molar-refractivity contribution >= 4 is 11.3 Å². The zero-order valence-corrected chi connectivity index (χ0v) is 7.40. The van der Waals surface area contributed by atoms with Gasteiger partial charge in [-0.25, -0.2) is 4.68 Å². The van der Waals surface area contributed by atoms with Gasteiger partial charge in [-0.1, -0.05) is 6.07 Å².